The Balaban J connectivity index is 1.16. The van der Waals surface area contributed by atoms with E-state index in [0.29, 0.717) is 11.8 Å². The summed E-state index contributed by atoms with van der Waals surface area (Å²) < 4.78 is 19.5. The van der Waals surface area contributed by atoms with Crippen molar-refractivity contribution < 1.29 is 24.0 Å². The van der Waals surface area contributed by atoms with Gasteiger partial charge in [0.05, 0.1) is 0 Å². The van der Waals surface area contributed by atoms with Gasteiger partial charge in [0.25, 0.3) is 0 Å². The number of hydrogen-bond acceptors (Lipinski definition) is 5. The lowest BCUT2D eigenvalue weighted by molar-refractivity contribution is -0.575. The molecule has 4 aliphatic heterocycles. The fourth-order valence-electron chi connectivity index (χ4n) is 7.33. The highest BCUT2D eigenvalue weighted by atomic mass is 17.3. The molecule has 1 aliphatic carbocycles. The third-order valence-corrected chi connectivity index (χ3v) is 9.30. The molecule has 36 heavy (non-hydrogen) atoms. The van der Waals surface area contributed by atoms with Gasteiger partial charge in [-0.3, -0.25) is 0 Å². The van der Waals surface area contributed by atoms with Gasteiger partial charge in [0, 0.05) is 18.3 Å². The molecule has 3 aromatic rings. The fourth-order valence-corrected chi connectivity index (χ4v) is 7.33. The molecule has 4 saturated heterocycles. The smallest absolute Gasteiger partial charge is 0.205 e. The van der Waals surface area contributed by atoms with E-state index in [9.17, 15) is 0 Å². The summed E-state index contributed by atoms with van der Waals surface area (Å²) in [5.74, 6) is 1.32. The minimum absolute atomic E-state index is 0.142. The lowest BCUT2D eigenvalue weighted by Crippen LogP contribution is -2.70. The van der Waals surface area contributed by atoms with Gasteiger partial charge in [-0.15, -0.1) is 0 Å². The van der Waals surface area contributed by atoms with E-state index >= 15 is 0 Å². The van der Waals surface area contributed by atoms with Crippen LogP contribution in [-0.2, 0) is 19.2 Å². The van der Waals surface area contributed by atoms with E-state index in [1.807, 2.05) is 19.1 Å². The summed E-state index contributed by atoms with van der Waals surface area (Å²) in [5.41, 5.74) is 1.83. The third-order valence-electron chi connectivity index (χ3n) is 9.30. The highest BCUT2D eigenvalue weighted by Gasteiger charge is 2.69. The van der Waals surface area contributed by atoms with Crippen molar-refractivity contribution in [3.05, 3.63) is 66.7 Å². The van der Waals surface area contributed by atoms with Crippen molar-refractivity contribution in [1.29, 1.82) is 0 Å². The van der Waals surface area contributed by atoms with E-state index in [-0.39, 0.29) is 11.8 Å². The molecule has 5 fully saturated rings. The summed E-state index contributed by atoms with van der Waals surface area (Å²) in [4.78, 5) is 12.2. The van der Waals surface area contributed by atoms with Crippen molar-refractivity contribution in [2.24, 2.45) is 23.7 Å². The molecule has 8 rings (SSSR count). The first-order valence-electron chi connectivity index (χ1n) is 13.4. The van der Waals surface area contributed by atoms with E-state index in [2.05, 4.69) is 68.4 Å². The van der Waals surface area contributed by atoms with Crippen LogP contribution in [0.1, 0.15) is 46.5 Å². The number of benzene rings is 3. The van der Waals surface area contributed by atoms with Gasteiger partial charge in [-0.25, -0.2) is 9.78 Å². The Bertz CT molecular complexity index is 1270. The van der Waals surface area contributed by atoms with Gasteiger partial charge in [-0.1, -0.05) is 68.4 Å². The van der Waals surface area contributed by atoms with Crippen LogP contribution in [0.15, 0.2) is 66.7 Å². The molecule has 8 atom stereocenters. The lowest BCUT2D eigenvalue weighted by atomic mass is 9.58. The second-order valence-electron chi connectivity index (χ2n) is 11.4. The van der Waals surface area contributed by atoms with Gasteiger partial charge < -0.3 is 14.2 Å². The van der Waals surface area contributed by atoms with Crippen molar-refractivity contribution in [2.75, 3.05) is 0 Å². The zero-order chi connectivity index (χ0) is 24.5. The molecule has 0 amide bonds. The van der Waals surface area contributed by atoms with Crippen LogP contribution in [0.3, 0.4) is 0 Å². The van der Waals surface area contributed by atoms with Crippen LogP contribution in [0.5, 0.6) is 5.75 Å². The number of ether oxygens (including phenoxy) is 3. The second kappa shape index (κ2) is 8.29. The van der Waals surface area contributed by atoms with Crippen molar-refractivity contribution in [2.45, 2.75) is 70.4 Å². The monoisotopic (exact) mass is 486 g/mol. The highest BCUT2D eigenvalue weighted by molar-refractivity contribution is 5.96. The standard InChI is InChI=1S/C31H34O5/c1-19-11-16-27-20(2)28(33-29-31(27)26(19)17-18-30(3,34-29)35-36-31)32-23-14-12-22(13-15-23)25-10-6-8-21-7-4-5-9-24(21)25/h4-10,12-15,19-20,26-29H,11,16-18H2,1-3H3/t19-,20-,26+,27+,28-,29-,30-,31-/m1/s1. The van der Waals surface area contributed by atoms with Gasteiger partial charge in [-0.05, 0) is 72.1 Å². The van der Waals surface area contributed by atoms with Crippen LogP contribution in [0.2, 0.25) is 0 Å². The van der Waals surface area contributed by atoms with Crippen molar-refractivity contribution in [3.8, 4) is 16.9 Å². The molecule has 2 bridgehead atoms. The number of fused-ring (bicyclic) bond motifs is 3. The van der Waals surface area contributed by atoms with Gasteiger partial charge in [0.2, 0.25) is 12.1 Å². The molecule has 188 valence electrons. The van der Waals surface area contributed by atoms with Crippen LogP contribution in [0.25, 0.3) is 21.9 Å². The zero-order valence-electron chi connectivity index (χ0n) is 21.2. The molecule has 0 N–H and O–H groups in total. The van der Waals surface area contributed by atoms with E-state index in [1.165, 1.54) is 28.3 Å². The van der Waals surface area contributed by atoms with E-state index in [0.717, 1.165) is 25.0 Å². The molecule has 0 aromatic heterocycles. The molecule has 0 radical (unpaired) electrons. The lowest BCUT2D eigenvalue weighted by Gasteiger charge is -2.60. The predicted molar refractivity (Wildman–Crippen MR) is 137 cm³/mol. The minimum atomic E-state index is -0.775. The second-order valence-corrected chi connectivity index (χ2v) is 11.4. The molecule has 1 spiro atoms. The maximum absolute atomic E-state index is 6.58. The summed E-state index contributed by atoms with van der Waals surface area (Å²) in [6.45, 7) is 6.52. The summed E-state index contributed by atoms with van der Waals surface area (Å²) >= 11 is 0. The van der Waals surface area contributed by atoms with Crippen LogP contribution >= 0.6 is 0 Å². The average Bonchev–Trinajstić information content (AvgIpc) is 3.13. The molecule has 5 nitrogen and oxygen atoms in total. The Morgan fingerprint density at radius 3 is 2.50 bits per heavy atom. The SMILES string of the molecule is C[C@H]1[C@H](Oc2ccc(-c3cccc4ccccc34)cc2)O[C@@H]2O[C@@]3(C)CC[C@H]4[C@H](C)CC[C@@H]1[C@@]24OO3. The summed E-state index contributed by atoms with van der Waals surface area (Å²) in [6, 6.07) is 23.3. The maximum atomic E-state index is 6.58. The Labute approximate surface area is 212 Å². The fraction of sp³-hybridized carbons (Fsp3) is 0.484. The molecular formula is C31H34O5. The Morgan fingerprint density at radius 2 is 1.64 bits per heavy atom. The third kappa shape index (κ3) is 3.37. The zero-order valence-corrected chi connectivity index (χ0v) is 21.2. The van der Waals surface area contributed by atoms with E-state index in [1.54, 1.807) is 0 Å². The summed E-state index contributed by atoms with van der Waals surface area (Å²) in [5, 5.41) is 2.49. The molecular weight excluding hydrogens is 452 g/mol. The summed E-state index contributed by atoms with van der Waals surface area (Å²) in [7, 11) is 0. The number of rotatable bonds is 3. The highest BCUT2D eigenvalue weighted by Crippen LogP contribution is 2.60. The molecule has 1 saturated carbocycles. The van der Waals surface area contributed by atoms with Crippen LogP contribution in [0, 0.1) is 23.7 Å². The predicted octanol–water partition coefficient (Wildman–Crippen LogP) is 7.09. The topological polar surface area (TPSA) is 46.2 Å². The Kier molecular flexibility index (Phi) is 5.23. The first-order chi connectivity index (χ1) is 17.5. The summed E-state index contributed by atoms with van der Waals surface area (Å²) in [6.07, 6.45) is 3.18. The van der Waals surface area contributed by atoms with E-state index < -0.39 is 24.0 Å². The Morgan fingerprint density at radius 1 is 0.833 bits per heavy atom. The minimum Gasteiger partial charge on any atom is -0.465 e. The van der Waals surface area contributed by atoms with Crippen molar-refractivity contribution in [1.82, 2.24) is 0 Å². The molecule has 0 unspecified atom stereocenters. The van der Waals surface area contributed by atoms with Crippen LogP contribution in [-0.4, -0.2) is 24.0 Å². The van der Waals surface area contributed by atoms with Gasteiger partial charge in [-0.2, -0.15) is 0 Å². The van der Waals surface area contributed by atoms with Crippen molar-refractivity contribution in [3.63, 3.8) is 0 Å². The van der Waals surface area contributed by atoms with Crippen LogP contribution in [0.4, 0.5) is 0 Å². The number of hydrogen-bond donors (Lipinski definition) is 0. The molecule has 3 aromatic carbocycles. The average molecular weight is 487 g/mol. The van der Waals surface area contributed by atoms with Crippen LogP contribution < -0.4 is 4.74 Å². The molecule has 4 heterocycles. The van der Waals surface area contributed by atoms with Crippen molar-refractivity contribution >= 4 is 10.8 Å². The maximum Gasteiger partial charge on any atom is 0.205 e. The van der Waals surface area contributed by atoms with Gasteiger partial charge in [0.1, 0.15) is 5.75 Å². The van der Waals surface area contributed by atoms with E-state index in [4.69, 9.17) is 24.0 Å². The first-order valence-corrected chi connectivity index (χ1v) is 13.4. The quantitative estimate of drug-likeness (QED) is 0.370. The normalized spacial score (nSPS) is 39.4. The van der Waals surface area contributed by atoms with Gasteiger partial charge in [0.15, 0.2) is 11.9 Å². The largest absolute Gasteiger partial charge is 0.465 e. The first kappa shape index (κ1) is 22.7. The van der Waals surface area contributed by atoms with Gasteiger partial charge >= 0.3 is 0 Å². The molecule has 5 aliphatic rings. The Hall–Kier alpha value is -2.44. The molecule has 5 heteroatoms.